The maximum atomic E-state index is 10.3. The Bertz CT molecular complexity index is 381. The average molecular weight is 222 g/mol. The van der Waals surface area contributed by atoms with Crippen molar-refractivity contribution < 1.29 is 20.1 Å². The van der Waals surface area contributed by atoms with Crippen LogP contribution in [0, 0.1) is 5.92 Å². The van der Waals surface area contributed by atoms with Crippen molar-refractivity contribution in [2.45, 2.75) is 13.0 Å². The first-order valence-electron chi connectivity index (χ1n) is 4.89. The fourth-order valence-electron chi connectivity index (χ4n) is 1.31. The Hall–Kier alpha value is -1.81. The summed E-state index contributed by atoms with van der Waals surface area (Å²) in [5.41, 5.74) is 0.639. The van der Waals surface area contributed by atoms with E-state index in [0.717, 1.165) is 6.08 Å². The molecule has 0 aliphatic rings. The number of hydrogen-bond acceptors (Lipinski definition) is 3. The van der Waals surface area contributed by atoms with Gasteiger partial charge in [0.05, 0.1) is 6.10 Å². The molecule has 1 rings (SSSR count). The molecule has 0 amide bonds. The second-order valence-corrected chi connectivity index (χ2v) is 3.59. The third kappa shape index (κ3) is 3.40. The Labute approximate surface area is 93.5 Å². The number of carbonyl (C=O) groups is 1. The van der Waals surface area contributed by atoms with Crippen LogP contribution in [0.3, 0.4) is 0 Å². The van der Waals surface area contributed by atoms with Crippen molar-refractivity contribution in [1.82, 2.24) is 0 Å². The van der Waals surface area contributed by atoms with Gasteiger partial charge in [0.25, 0.3) is 0 Å². The number of rotatable bonds is 4. The van der Waals surface area contributed by atoms with Gasteiger partial charge in [-0.3, -0.25) is 0 Å². The summed E-state index contributed by atoms with van der Waals surface area (Å²) in [6.07, 6.45) is 1.66. The van der Waals surface area contributed by atoms with Gasteiger partial charge < -0.3 is 15.3 Å². The SMILES string of the molecule is C[C@H](/C=C/C(=O)O)[C@H](O)c1ccc(O)cc1. The Morgan fingerprint density at radius 1 is 1.31 bits per heavy atom. The van der Waals surface area contributed by atoms with Crippen LogP contribution in [0.5, 0.6) is 5.75 Å². The van der Waals surface area contributed by atoms with Crippen molar-refractivity contribution in [3.05, 3.63) is 42.0 Å². The van der Waals surface area contributed by atoms with Crippen LogP contribution in [-0.2, 0) is 4.79 Å². The molecule has 1 aromatic carbocycles. The molecule has 0 spiro atoms. The lowest BCUT2D eigenvalue weighted by Crippen LogP contribution is -2.07. The van der Waals surface area contributed by atoms with Crippen LogP contribution >= 0.6 is 0 Å². The van der Waals surface area contributed by atoms with Gasteiger partial charge in [-0.25, -0.2) is 4.79 Å². The number of aliphatic hydroxyl groups excluding tert-OH is 1. The monoisotopic (exact) mass is 222 g/mol. The van der Waals surface area contributed by atoms with E-state index in [1.807, 2.05) is 0 Å². The summed E-state index contributed by atoms with van der Waals surface area (Å²) in [6, 6.07) is 6.16. The first-order chi connectivity index (χ1) is 7.50. The zero-order valence-corrected chi connectivity index (χ0v) is 8.87. The summed E-state index contributed by atoms with van der Waals surface area (Å²) in [6.45, 7) is 1.72. The van der Waals surface area contributed by atoms with Crippen LogP contribution in [0.1, 0.15) is 18.6 Å². The summed E-state index contributed by atoms with van der Waals surface area (Å²) in [5, 5.41) is 27.4. The highest BCUT2D eigenvalue weighted by Gasteiger charge is 2.13. The van der Waals surface area contributed by atoms with Gasteiger partial charge in [0.15, 0.2) is 0 Å². The van der Waals surface area contributed by atoms with E-state index in [2.05, 4.69) is 0 Å². The van der Waals surface area contributed by atoms with Crippen molar-refractivity contribution in [3.63, 3.8) is 0 Å². The van der Waals surface area contributed by atoms with Crippen LogP contribution in [0.15, 0.2) is 36.4 Å². The van der Waals surface area contributed by atoms with E-state index in [4.69, 9.17) is 10.2 Å². The molecular formula is C12H14O4. The minimum absolute atomic E-state index is 0.129. The van der Waals surface area contributed by atoms with Crippen molar-refractivity contribution in [2.75, 3.05) is 0 Å². The van der Waals surface area contributed by atoms with Gasteiger partial charge in [0, 0.05) is 12.0 Å². The predicted molar refractivity (Wildman–Crippen MR) is 59.0 cm³/mol. The highest BCUT2D eigenvalue weighted by Crippen LogP contribution is 2.24. The van der Waals surface area contributed by atoms with Crippen molar-refractivity contribution in [3.8, 4) is 5.75 Å². The number of aliphatic hydroxyl groups is 1. The average Bonchev–Trinajstić information content (AvgIpc) is 2.26. The van der Waals surface area contributed by atoms with Gasteiger partial charge >= 0.3 is 5.97 Å². The van der Waals surface area contributed by atoms with E-state index >= 15 is 0 Å². The number of phenolic OH excluding ortho intramolecular Hbond substituents is 1. The zero-order chi connectivity index (χ0) is 12.1. The summed E-state index contributed by atoms with van der Waals surface area (Å²) < 4.78 is 0. The molecule has 0 aliphatic heterocycles. The Kier molecular flexibility index (Phi) is 4.08. The molecule has 2 atom stereocenters. The molecule has 4 nitrogen and oxygen atoms in total. The highest BCUT2D eigenvalue weighted by molar-refractivity contribution is 5.79. The Morgan fingerprint density at radius 3 is 2.38 bits per heavy atom. The molecule has 0 unspecified atom stereocenters. The lowest BCUT2D eigenvalue weighted by Gasteiger charge is -2.15. The number of hydrogen-bond donors (Lipinski definition) is 3. The standard InChI is InChI=1S/C12H14O4/c1-8(2-7-11(14)15)12(16)9-3-5-10(13)6-4-9/h2-8,12-13,16H,1H3,(H,14,15)/b7-2+/t8-,12+/m1/s1. The fourth-order valence-corrected chi connectivity index (χ4v) is 1.31. The molecular weight excluding hydrogens is 208 g/mol. The van der Waals surface area contributed by atoms with E-state index in [1.165, 1.54) is 18.2 Å². The number of carboxylic acids is 1. The van der Waals surface area contributed by atoms with Gasteiger partial charge in [-0.1, -0.05) is 25.1 Å². The van der Waals surface area contributed by atoms with E-state index < -0.39 is 12.1 Å². The Balaban J connectivity index is 2.73. The van der Waals surface area contributed by atoms with Gasteiger partial charge in [-0.05, 0) is 17.7 Å². The molecule has 0 fully saturated rings. The van der Waals surface area contributed by atoms with Crippen LogP contribution in [0.25, 0.3) is 0 Å². The summed E-state index contributed by atoms with van der Waals surface area (Å²) >= 11 is 0. The molecule has 0 heterocycles. The zero-order valence-electron chi connectivity index (χ0n) is 8.87. The number of carboxylic acid groups (broad SMARTS) is 1. The van der Waals surface area contributed by atoms with Gasteiger partial charge in [-0.2, -0.15) is 0 Å². The lowest BCUT2D eigenvalue weighted by molar-refractivity contribution is -0.131. The number of aromatic hydroxyl groups is 1. The van der Waals surface area contributed by atoms with E-state index in [0.29, 0.717) is 5.56 Å². The molecule has 3 N–H and O–H groups in total. The minimum Gasteiger partial charge on any atom is -0.508 e. The molecule has 0 saturated carbocycles. The van der Waals surface area contributed by atoms with Crippen LogP contribution < -0.4 is 0 Å². The summed E-state index contributed by atoms with van der Waals surface area (Å²) in [4.78, 5) is 10.3. The molecule has 0 aliphatic carbocycles. The van der Waals surface area contributed by atoms with Gasteiger partial charge in [0.1, 0.15) is 5.75 Å². The second-order valence-electron chi connectivity index (χ2n) is 3.59. The second kappa shape index (κ2) is 5.32. The third-order valence-corrected chi connectivity index (χ3v) is 2.28. The van der Waals surface area contributed by atoms with Gasteiger partial charge in [0.2, 0.25) is 0 Å². The highest BCUT2D eigenvalue weighted by atomic mass is 16.4. The fraction of sp³-hybridized carbons (Fsp3) is 0.250. The van der Waals surface area contributed by atoms with Crippen LogP contribution in [0.2, 0.25) is 0 Å². The largest absolute Gasteiger partial charge is 0.508 e. The minimum atomic E-state index is -1.04. The topological polar surface area (TPSA) is 77.8 Å². The van der Waals surface area contributed by atoms with Gasteiger partial charge in [-0.15, -0.1) is 0 Å². The number of aliphatic carboxylic acids is 1. The number of phenols is 1. The van der Waals surface area contributed by atoms with Crippen molar-refractivity contribution >= 4 is 5.97 Å². The molecule has 0 bridgehead atoms. The summed E-state index contributed by atoms with van der Waals surface area (Å²) in [7, 11) is 0. The first-order valence-corrected chi connectivity index (χ1v) is 4.89. The maximum absolute atomic E-state index is 10.3. The first kappa shape index (κ1) is 12.3. The molecule has 86 valence electrons. The van der Waals surface area contributed by atoms with E-state index in [-0.39, 0.29) is 11.7 Å². The maximum Gasteiger partial charge on any atom is 0.327 e. The smallest absolute Gasteiger partial charge is 0.327 e. The molecule has 16 heavy (non-hydrogen) atoms. The normalized spacial score (nSPS) is 14.9. The summed E-state index contributed by atoms with van der Waals surface area (Å²) in [5.74, 6) is -1.21. The third-order valence-electron chi connectivity index (χ3n) is 2.28. The molecule has 4 heteroatoms. The van der Waals surface area contributed by atoms with Crippen molar-refractivity contribution in [1.29, 1.82) is 0 Å². The molecule has 0 aromatic heterocycles. The quantitative estimate of drug-likeness (QED) is 0.677. The number of benzene rings is 1. The predicted octanol–water partition coefficient (Wildman–Crippen LogP) is 1.70. The van der Waals surface area contributed by atoms with Crippen molar-refractivity contribution in [2.24, 2.45) is 5.92 Å². The molecule has 1 aromatic rings. The van der Waals surface area contributed by atoms with E-state index in [1.54, 1.807) is 19.1 Å². The molecule has 0 saturated heterocycles. The lowest BCUT2D eigenvalue weighted by atomic mass is 9.97. The van der Waals surface area contributed by atoms with E-state index in [9.17, 15) is 9.90 Å². The van der Waals surface area contributed by atoms with Crippen LogP contribution in [-0.4, -0.2) is 21.3 Å². The Morgan fingerprint density at radius 2 is 1.88 bits per heavy atom. The van der Waals surface area contributed by atoms with Crippen LogP contribution in [0.4, 0.5) is 0 Å². The molecule has 0 radical (unpaired) electrons.